The molecule has 2 N–H and O–H groups in total. The number of nitrogens with zero attached hydrogens (tertiary/aromatic N) is 2. The van der Waals surface area contributed by atoms with Crippen molar-refractivity contribution in [2.45, 2.75) is 39.6 Å². The zero-order chi connectivity index (χ0) is 21.2. The van der Waals surface area contributed by atoms with Crippen LogP contribution in [0, 0.1) is 0 Å². The van der Waals surface area contributed by atoms with Gasteiger partial charge < -0.3 is 20.1 Å². The van der Waals surface area contributed by atoms with Crippen LogP contribution in [-0.4, -0.2) is 50.3 Å². The van der Waals surface area contributed by atoms with Gasteiger partial charge in [-0.25, -0.2) is 4.99 Å². The molecule has 1 heterocycles. The van der Waals surface area contributed by atoms with Gasteiger partial charge in [-0.3, -0.25) is 4.90 Å². The monoisotopic (exact) mass is 410 g/mol. The number of guanidine groups is 1. The van der Waals surface area contributed by atoms with Crippen LogP contribution in [0.2, 0.25) is 0 Å². The van der Waals surface area contributed by atoms with Gasteiger partial charge in [0.15, 0.2) is 5.96 Å². The summed E-state index contributed by atoms with van der Waals surface area (Å²) in [6, 6.07) is 16.8. The summed E-state index contributed by atoms with van der Waals surface area (Å²) in [4.78, 5) is 7.22. The van der Waals surface area contributed by atoms with E-state index in [4.69, 9.17) is 14.5 Å². The fourth-order valence-electron chi connectivity index (χ4n) is 3.56. The van der Waals surface area contributed by atoms with Gasteiger partial charge >= 0.3 is 0 Å². The van der Waals surface area contributed by atoms with Crippen LogP contribution < -0.4 is 15.4 Å². The molecule has 0 aromatic heterocycles. The second-order valence-electron chi connectivity index (χ2n) is 7.63. The lowest BCUT2D eigenvalue weighted by molar-refractivity contribution is -0.0212. The Hall–Kier alpha value is -2.57. The van der Waals surface area contributed by atoms with Crippen LogP contribution in [-0.2, 0) is 24.4 Å². The van der Waals surface area contributed by atoms with E-state index >= 15 is 0 Å². The number of hydrogen-bond donors (Lipinski definition) is 2. The summed E-state index contributed by atoms with van der Waals surface area (Å²) in [5.74, 6) is 1.69. The Morgan fingerprint density at radius 3 is 2.67 bits per heavy atom. The van der Waals surface area contributed by atoms with E-state index in [1.165, 1.54) is 16.7 Å². The van der Waals surface area contributed by atoms with Crippen molar-refractivity contribution in [1.29, 1.82) is 0 Å². The van der Waals surface area contributed by atoms with Crippen LogP contribution in [0.1, 0.15) is 30.5 Å². The highest BCUT2D eigenvalue weighted by molar-refractivity contribution is 5.79. The highest BCUT2D eigenvalue weighted by Gasteiger charge is 2.16. The minimum absolute atomic E-state index is 0.311. The number of rotatable bonds is 8. The second-order valence-corrected chi connectivity index (χ2v) is 7.63. The predicted octanol–water partition coefficient (Wildman–Crippen LogP) is 3.17. The van der Waals surface area contributed by atoms with Crippen molar-refractivity contribution in [3.8, 4) is 5.75 Å². The van der Waals surface area contributed by atoms with Gasteiger partial charge in [0.25, 0.3) is 0 Å². The minimum Gasteiger partial charge on any atom is -0.497 e. The van der Waals surface area contributed by atoms with Gasteiger partial charge in [0.1, 0.15) is 5.75 Å². The Morgan fingerprint density at radius 1 is 1.13 bits per heavy atom. The highest BCUT2D eigenvalue weighted by Crippen LogP contribution is 2.13. The standard InChI is InChI=1S/C24H34N4O2/c1-4-25-24(26-15-20-8-10-23(29-3)11-9-20)27-16-21-6-5-7-22(14-21)18-28-12-13-30-19(2)17-28/h5-11,14,19H,4,12-13,15-18H2,1-3H3,(H2,25,26,27). The first-order valence-corrected chi connectivity index (χ1v) is 10.7. The van der Waals surface area contributed by atoms with E-state index in [9.17, 15) is 0 Å². The van der Waals surface area contributed by atoms with Gasteiger partial charge in [-0.2, -0.15) is 0 Å². The fourth-order valence-corrected chi connectivity index (χ4v) is 3.56. The van der Waals surface area contributed by atoms with Crippen molar-refractivity contribution < 1.29 is 9.47 Å². The van der Waals surface area contributed by atoms with Crippen LogP contribution in [0.25, 0.3) is 0 Å². The second kappa shape index (κ2) is 11.6. The molecule has 0 saturated carbocycles. The molecule has 1 saturated heterocycles. The summed E-state index contributed by atoms with van der Waals surface area (Å²) in [5, 5.41) is 6.73. The molecule has 0 radical (unpaired) electrons. The van der Waals surface area contributed by atoms with Crippen LogP contribution in [0.4, 0.5) is 0 Å². The van der Waals surface area contributed by atoms with Crippen LogP contribution in [0.15, 0.2) is 53.5 Å². The predicted molar refractivity (Wildman–Crippen MR) is 122 cm³/mol. The first-order chi connectivity index (χ1) is 14.7. The lowest BCUT2D eigenvalue weighted by atomic mass is 10.1. The molecule has 0 amide bonds. The zero-order valence-corrected chi connectivity index (χ0v) is 18.4. The molecule has 6 heteroatoms. The average Bonchev–Trinajstić information content (AvgIpc) is 2.76. The van der Waals surface area contributed by atoms with Crippen molar-refractivity contribution in [3.05, 3.63) is 65.2 Å². The van der Waals surface area contributed by atoms with Crippen molar-refractivity contribution in [3.63, 3.8) is 0 Å². The molecular weight excluding hydrogens is 376 g/mol. The Bertz CT molecular complexity index is 807. The van der Waals surface area contributed by atoms with Crippen molar-refractivity contribution in [2.75, 3.05) is 33.4 Å². The number of ether oxygens (including phenoxy) is 2. The lowest BCUT2D eigenvalue weighted by Gasteiger charge is -2.31. The van der Waals surface area contributed by atoms with Gasteiger partial charge in [-0.05, 0) is 42.7 Å². The van der Waals surface area contributed by atoms with E-state index < -0.39 is 0 Å². The van der Waals surface area contributed by atoms with Crippen molar-refractivity contribution in [2.24, 2.45) is 4.99 Å². The van der Waals surface area contributed by atoms with Crippen LogP contribution in [0.5, 0.6) is 5.75 Å². The summed E-state index contributed by atoms with van der Waals surface area (Å²) in [6.45, 7) is 10.2. The maximum atomic E-state index is 5.64. The third-order valence-corrected chi connectivity index (χ3v) is 5.11. The lowest BCUT2D eigenvalue weighted by Crippen LogP contribution is -2.40. The average molecular weight is 411 g/mol. The zero-order valence-electron chi connectivity index (χ0n) is 18.4. The summed E-state index contributed by atoms with van der Waals surface area (Å²) in [7, 11) is 1.68. The quantitative estimate of drug-likeness (QED) is 0.517. The molecule has 0 aliphatic carbocycles. The Balaban J connectivity index is 1.56. The molecule has 2 aromatic carbocycles. The summed E-state index contributed by atoms with van der Waals surface area (Å²) in [5.41, 5.74) is 3.73. The van der Waals surface area contributed by atoms with Gasteiger partial charge in [0, 0.05) is 32.7 Å². The topological polar surface area (TPSA) is 58.1 Å². The molecular formula is C24H34N4O2. The smallest absolute Gasteiger partial charge is 0.191 e. The van der Waals surface area contributed by atoms with E-state index in [1.807, 2.05) is 12.1 Å². The molecule has 1 aliphatic heterocycles. The van der Waals surface area contributed by atoms with Crippen molar-refractivity contribution >= 4 is 5.96 Å². The number of hydrogen-bond acceptors (Lipinski definition) is 4. The molecule has 2 aromatic rings. The largest absolute Gasteiger partial charge is 0.497 e. The molecule has 1 fully saturated rings. The number of aliphatic imine (C=N–C) groups is 1. The van der Waals surface area contributed by atoms with E-state index in [0.717, 1.165) is 44.5 Å². The third kappa shape index (κ3) is 7.04. The van der Waals surface area contributed by atoms with Crippen LogP contribution in [0.3, 0.4) is 0 Å². The molecule has 30 heavy (non-hydrogen) atoms. The molecule has 1 unspecified atom stereocenters. The highest BCUT2D eigenvalue weighted by atomic mass is 16.5. The third-order valence-electron chi connectivity index (χ3n) is 5.11. The van der Waals surface area contributed by atoms with E-state index in [2.05, 4.69) is 65.8 Å². The maximum Gasteiger partial charge on any atom is 0.191 e. The van der Waals surface area contributed by atoms with E-state index in [-0.39, 0.29) is 0 Å². The summed E-state index contributed by atoms with van der Waals surface area (Å²) in [6.07, 6.45) is 0.311. The molecule has 0 spiro atoms. The fraction of sp³-hybridized carbons (Fsp3) is 0.458. The molecule has 0 bridgehead atoms. The first kappa shape index (κ1) is 22.1. The first-order valence-electron chi connectivity index (χ1n) is 10.7. The van der Waals surface area contributed by atoms with E-state index in [1.54, 1.807) is 7.11 Å². The van der Waals surface area contributed by atoms with Gasteiger partial charge in [0.2, 0.25) is 0 Å². The number of benzene rings is 2. The summed E-state index contributed by atoms with van der Waals surface area (Å²) < 4.78 is 10.9. The Labute approximate surface area is 180 Å². The van der Waals surface area contributed by atoms with Crippen molar-refractivity contribution in [1.82, 2.24) is 15.5 Å². The number of nitrogens with one attached hydrogen (secondary N) is 2. The Kier molecular flexibility index (Phi) is 8.53. The molecule has 6 nitrogen and oxygen atoms in total. The number of morpholine rings is 1. The maximum absolute atomic E-state index is 5.64. The Morgan fingerprint density at radius 2 is 1.93 bits per heavy atom. The van der Waals surface area contributed by atoms with Gasteiger partial charge in [-0.1, -0.05) is 36.4 Å². The number of methoxy groups -OCH3 is 1. The van der Waals surface area contributed by atoms with Gasteiger partial charge in [0.05, 0.1) is 26.4 Å². The summed E-state index contributed by atoms with van der Waals surface area (Å²) >= 11 is 0. The normalized spacial score (nSPS) is 17.6. The van der Waals surface area contributed by atoms with Crippen LogP contribution >= 0.6 is 0 Å². The molecule has 3 rings (SSSR count). The molecule has 162 valence electrons. The minimum atomic E-state index is 0.311. The molecule has 1 atom stereocenters. The molecule has 1 aliphatic rings. The SMILES string of the molecule is CCNC(=NCc1cccc(CN2CCOC(C)C2)c1)NCc1ccc(OC)cc1. The van der Waals surface area contributed by atoms with E-state index in [0.29, 0.717) is 19.2 Å². The van der Waals surface area contributed by atoms with Gasteiger partial charge in [-0.15, -0.1) is 0 Å².